The van der Waals surface area contributed by atoms with Crippen molar-refractivity contribution in [3.05, 3.63) is 0 Å². The topological polar surface area (TPSA) is 77.8 Å². The summed E-state index contributed by atoms with van der Waals surface area (Å²) in [6.45, 7) is 6.99. The summed E-state index contributed by atoms with van der Waals surface area (Å²) in [6, 6.07) is 0. The average Bonchev–Trinajstić information content (AvgIpc) is 3.00. The highest BCUT2D eigenvalue weighted by atomic mass is 16.4. The molecule has 3 N–H and O–H groups in total. The minimum absolute atomic E-state index is 0.0591. The van der Waals surface area contributed by atoms with E-state index in [9.17, 15) is 15.0 Å². The van der Waals surface area contributed by atoms with Gasteiger partial charge in [-0.2, -0.15) is 0 Å². The first-order valence-electron chi connectivity index (χ1n) is 11.8. The molecule has 4 nitrogen and oxygen atoms in total. The Balaban J connectivity index is 1.56. The third-order valence-electron chi connectivity index (χ3n) is 10.3. The molecule has 4 aliphatic rings. The van der Waals surface area contributed by atoms with Crippen molar-refractivity contribution in [2.75, 3.05) is 0 Å². The van der Waals surface area contributed by atoms with Gasteiger partial charge < -0.3 is 15.3 Å². The number of carboxylic acid groups (broad SMARTS) is 1. The van der Waals surface area contributed by atoms with Crippen molar-refractivity contribution in [1.82, 2.24) is 0 Å². The minimum Gasteiger partial charge on any atom is -0.481 e. The highest BCUT2D eigenvalue weighted by Crippen LogP contribution is 2.68. The zero-order valence-electron chi connectivity index (χ0n) is 17.9. The maximum absolute atomic E-state index is 11.5. The zero-order chi connectivity index (χ0) is 20.3. The first-order chi connectivity index (χ1) is 13.2. The molecule has 0 bridgehead atoms. The van der Waals surface area contributed by atoms with Gasteiger partial charge in [0.05, 0.1) is 12.2 Å². The van der Waals surface area contributed by atoms with Crippen LogP contribution in [0, 0.1) is 46.3 Å². The molecule has 0 amide bonds. The summed E-state index contributed by atoms with van der Waals surface area (Å²) < 4.78 is 0. The van der Waals surface area contributed by atoms with E-state index in [-0.39, 0.29) is 29.5 Å². The Morgan fingerprint density at radius 1 is 1.04 bits per heavy atom. The van der Waals surface area contributed by atoms with E-state index >= 15 is 0 Å². The van der Waals surface area contributed by atoms with Crippen molar-refractivity contribution in [2.45, 2.75) is 97.2 Å². The summed E-state index contributed by atoms with van der Waals surface area (Å²) in [6.07, 6.45) is 9.26. The normalized spacial score (nSPS) is 51.7. The van der Waals surface area contributed by atoms with Gasteiger partial charge in [0.15, 0.2) is 0 Å². The molecule has 0 heterocycles. The molecule has 4 saturated carbocycles. The van der Waals surface area contributed by atoms with Crippen LogP contribution in [0.3, 0.4) is 0 Å². The second kappa shape index (κ2) is 7.27. The second-order valence-electron chi connectivity index (χ2n) is 11.3. The van der Waals surface area contributed by atoms with Crippen molar-refractivity contribution < 1.29 is 20.1 Å². The molecule has 160 valence electrons. The van der Waals surface area contributed by atoms with Gasteiger partial charge in [0.2, 0.25) is 0 Å². The van der Waals surface area contributed by atoms with E-state index < -0.39 is 5.97 Å². The van der Waals surface area contributed by atoms with Gasteiger partial charge in [0, 0.05) is 6.42 Å². The van der Waals surface area contributed by atoms with Crippen LogP contribution in [0.25, 0.3) is 0 Å². The number of carboxylic acids is 1. The van der Waals surface area contributed by atoms with Gasteiger partial charge in [-0.1, -0.05) is 20.8 Å². The van der Waals surface area contributed by atoms with Crippen LogP contribution in [0.5, 0.6) is 0 Å². The van der Waals surface area contributed by atoms with Crippen LogP contribution in [0.1, 0.15) is 85.0 Å². The van der Waals surface area contributed by atoms with Crippen LogP contribution < -0.4 is 0 Å². The van der Waals surface area contributed by atoms with Gasteiger partial charge in [-0.3, -0.25) is 4.79 Å². The fraction of sp³-hybridized carbons (Fsp3) is 0.958. The van der Waals surface area contributed by atoms with Crippen molar-refractivity contribution in [3.8, 4) is 0 Å². The maximum Gasteiger partial charge on any atom is 0.303 e. The van der Waals surface area contributed by atoms with Crippen molar-refractivity contribution >= 4 is 5.97 Å². The van der Waals surface area contributed by atoms with Crippen molar-refractivity contribution in [3.63, 3.8) is 0 Å². The molecule has 4 fully saturated rings. The standard InChI is InChI=1S/C24H40O4/c1-14(4-9-22(27)28)18-7-8-19-17-6-5-15-12-16(25)10-11-23(15,2)20(17)13-21(26)24(18,19)3/h14-21,25-26H,4-13H2,1-3H3,(H,27,28)/t14-,15+,16?,17-,18+,19-,20?,21-,23-,24+/m0/s1. The molecule has 0 saturated heterocycles. The SMILES string of the molecule is C[C@@H](CCC(=O)O)[C@H]1CC[C@H]2[C@@H]3CC[C@@H]4CC(O)CC[C@]4(C)C3C[C@H](O)[C@]12C. The lowest BCUT2D eigenvalue weighted by atomic mass is 9.43. The van der Waals surface area contributed by atoms with Crippen LogP contribution in [0.15, 0.2) is 0 Å². The number of hydrogen-bond acceptors (Lipinski definition) is 3. The number of hydrogen-bond donors (Lipinski definition) is 3. The van der Waals surface area contributed by atoms with Crippen LogP contribution >= 0.6 is 0 Å². The number of aliphatic hydroxyl groups excluding tert-OH is 2. The Bertz CT molecular complexity index is 605. The van der Waals surface area contributed by atoms with E-state index in [0.29, 0.717) is 35.5 Å². The number of fused-ring (bicyclic) bond motifs is 5. The third kappa shape index (κ3) is 3.05. The van der Waals surface area contributed by atoms with Crippen LogP contribution in [-0.4, -0.2) is 33.5 Å². The van der Waals surface area contributed by atoms with E-state index in [4.69, 9.17) is 5.11 Å². The molecule has 4 aliphatic carbocycles. The highest BCUT2D eigenvalue weighted by Gasteiger charge is 2.63. The maximum atomic E-state index is 11.5. The molecule has 0 aromatic rings. The predicted octanol–water partition coefficient (Wildman–Crippen LogP) is 4.48. The van der Waals surface area contributed by atoms with Gasteiger partial charge >= 0.3 is 5.97 Å². The minimum atomic E-state index is -0.707. The quantitative estimate of drug-likeness (QED) is 0.659. The van der Waals surface area contributed by atoms with Gasteiger partial charge in [-0.15, -0.1) is 0 Å². The van der Waals surface area contributed by atoms with E-state index in [1.165, 1.54) is 19.3 Å². The van der Waals surface area contributed by atoms with Gasteiger partial charge in [0.25, 0.3) is 0 Å². The molecule has 28 heavy (non-hydrogen) atoms. The molecular formula is C24H40O4. The predicted molar refractivity (Wildman–Crippen MR) is 109 cm³/mol. The molecule has 4 heteroatoms. The average molecular weight is 393 g/mol. The summed E-state index contributed by atoms with van der Waals surface area (Å²) in [5, 5.41) is 30.8. The molecule has 0 spiro atoms. The Labute approximate surface area is 170 Å². The van der Waals surface area contributed by atoms with Gasteiger partial charge in [-0.05, 0) is 104 Å². The first kappa shape index (κ1) is 20.7. The molecule has 0 aromatic heterocycles. The summed E-state index contributed by atoms with van der Waals surface area (Å²) in [4.78, 5) is 11.1. The Kier molecular flexibility index (Phi) is 5.36. The molecule has 0 aliphatic heterocycles. The Morgan fingerprint density at radius 2 is 1.79 bits per heavy atom. The lowest BCUT2D eigenvalue weighted by molar-refractivity contribution is -0.175. The molecule has 2 unspecified atom stereocenters. The number of carbonyl (C=O) groups is 1. The first-order valence-corrected chi connectivity index (χ1v) is 11.8. The largest absolute Gasteiger partial charge is 0.481 e. The smallest absolute Gasteiger partial charge is 0.303 e. The van der Waals surface area contributed by atoms with E-state index in [0.717, 1.165) is 38.5 Å². The molecule has 10 atom stereocenters. The Hall–Kier alpha value is -0.610. The molecule has 4 rings (SSSR count). The van der Waals surface area contributed by atoms with Crippen LogP contribution in [0.2, 0.25) is 0 Å². The van der Waals surface area contributed by atoms with Crippen LogP contribution in [0.4, 0.5) is 0 Å². The number of aliphatic hydroxyl groups is 2. The second-order valence-corrected chi connectivity index (χ2v) is 11.3. The number of rotatable bonds is 4. The molecular weight excluding hydrogens is 352 g/mol. The molecule has 0 radical (unpaired) electrons. The monoisotopic (exact) mass is 392 g/mol. The summed E-state index contributed by atoms with van der Waals surface area (Å²) >= 11 is 0. The zero-order valence-corrected chi connectivity index (χ0v) is 17.9. The fourth-order valence-corrected chi connectivity index (χ4v) is 8.71. The summed E-state index contributed by atoms with van der Waals surface area (Å²) in [5.41, 5.74) is 0.216. The van der Waals surface area contributed by atoms with Gasteiger partial charge in [0.1, 0.15) is 0 Å². The third-order valence-corrected chi connectivity index (χ3v) is 10.3. The summed E-state index contributed by atoms with van der Waals surface area (Å²) in [5.74, 6) is 2.55. The van der Waals surface area contributed by atoms with E-state index in [1.807, 2.05) is 0 Å². The highest BCUT2D eigenvalue weighted by molar-refractivity contribution is 5.66. The Morgan fingerprint density at radius 3 is 2.50 bits per heavy atom. The fourth-order valence-electron chi connectivity index (χ4n) is 8.71. The lowest BCUT2D eigenvalue weighted by Crippen LogP contribution is -2.58. The summed E-state index contributed by atoms with van der Waals surface area (Å²) in [7, 11) is 0. The van der Waals surface area contributed by atoms with Crippen LogP contribution in [-0.2, 0) is 4.79 Å². The number of aliphatic carboxylic acids is 1. The van der Waals surface area contributed by atoms with Crippen molar-refractivity contribution in [1.29, 1.82) is 0 Å². The van der Waals surface area contributed by atoms with Gasteiger partial charge in [-0.25, -0.2) is 0 Å². The van der Waals surface area contributed by atoms with Crippen molar-refractivity contribution in [2.24, 2.45) is 46.3 Å². The van der Waals surface area contributed by atoms with E-state index in [1.54, 1.807) is 0 Å². The lowest BCUT2D eigenvalue weighted by Gasteiger charge is -2.62. The van der Waals surface area contributed by atoms with E-state index in [2.05, 4.69) is 20.8 Å². The molecule has 0 aromatic carbocycles.